The topological polar surface area (TPSA) is 125 Å². The maximum absolute atomic E-state index is 13.4. The average molecular weight is 450 g/mol. The number of carbonyl (C=O) groups is 3. The van der Waals surface area contributed by atoms with Crippen molar-refractivity contribution in [3.8, 4) is 0 Å². The Morgan fingerprint density at radius 1 is 1.03 bits per heavy atom. The molecule has 0 saturated heterocycles. The zero-order valence-electron chi connectivity index (χ0n) is 17.2. The summed E-state index contributed by atoms with van der Waals surface area (Å²) in [4.78, 5) is 47.2. The molecule has 170 valence electrons. The summed E-state index contributed by atoms with van der Waals surface area (Å²) < 4.78 is 35.9. The second kappa shape index (κ2) is 10.9. The third kappa shape index (κ3) is 6.30. The van der Waals surface area contributed by atoms with E-state index in [1.165, 1.54) is 30.3 Å². The van der Waals surface area contributed by atoms with Gasteiger partial charge in [0.25, 0.3) is 5.69 Å². The Labute approximate surface area is 181 Å². The second-order valence-corrected chi connectivity index (χ2v) is 6.73. The van der Waals surface area contributed by atoms with Crippen LogP contribution < -0.4 is 5.32 Å². The van der Waals surface area contributed by atoms with Gasteiger partial charge in [-0.25, -0.2) is 13.6 Å². The number of halogens is 2. The average Bonchev–Trinajstić information content (AvgIpc) is 2.77. The molecule has 11 heteroatoms. The van der Waals surface area contributed by atoms with Crippen LogP contribution in [0.5, 0.6) is 0 Å². The van der Waals surface area contributed by atoms with Gasteiger partial charge in [-0.3, -0.25) is 19.7 Å². The van der Waals surface area contributed by atoms with Crippen LogP contribution >= 0.6 is 0 Å². The first-order valence-corrected chi connectivity index (χ1v) is 9.28. The van der Waals surface area contributed by atoms with Crippen LogP contribution in [0, 0.1) is 21.7 Å². The standard InChI is InChI=1S/C21H20F2N2O7/c1-31-19(27)11-15(13-4-6-14(7-5-13)25(29)30)20(21(28)32-2)24-18(26)10-12-3-8-16(22)17(23)9-12/h3-9,15,20H,10-11H2,1-2H3,(H,24,26)/t15-,20-/m1/s1. The number of hydrogen-bond acceptors (Lipinski definition) is 7. The molecule has 2 rings (SSSR count). The lowest BCUT2D eigenvalue weighted by molar-refractivity contribution is -0.384. The Morgan fingerprint density at radius 3 is 2.22 bits per heavy atom. The summed E-state index contributed by atoms with van der Waals surface area (Å²) >= 11 is 0. The second-order valence-electron chi connectivity index (χ2n) is 6.73. The lowest BCUT2D eigenvalue weighted by Crippen LogP contribution is -2.46. The van der Waals surface area contributed by atoms with E-state index >= 15 is 0 Å². The van der Waals surface area contributed by atoms with Gasteiger partial charge in [0.1, 0.15) is 6.04 Å². The van der Waals surface area contributed by atoms with Gasteiger partial charge in [-0.15, -0.1) is 0 Å². The van der Waals surface area contributed by atoms with Crippen LogP contribution in [-0.4, -0.2) is 43.0 Å². The molecule has 0 bridgehead atoms. The molecule has 2 aromatic carbocycles. The number of methoxy groups -OCH3 is 2. The van der Waals surface area contributed by atoms with Crippen molar-refractivity contribution in [2.45, 2.75) is 24.8 Å². The smallest absolute Gasteiger partial charge is 0.329 e. The largest absolute Gasteiger partial charge is 0.469 e. The number of nitrogens with zero attached hydrogens (tertiary/aromatic N) is 1. The lowest BCUT2D eigenvalue weighted by atomic mass is 9.88. The Kier molecular flexibility index (Phi) is 8.33. The van der Waals surface area contributed by atoms with E-state index in [4.69, 9.17) is 4.74 Å². The highest BCUT2D eigenvalue weighted by atomic mass is 19.2. The third-order valence-corrected chi connectivity index (χ3v) is 4.67. The highest BCUT2D eigenvalue weighted by molar-refractivity contribution is 5.87. The molecule has 32 heavy (non-hydrogen) atoms. The fourth-order valence-electron chi connectivity index (χ4n) is 3.04. The number of amides is 1. The minimum absolute atomic E-state index is 0.157. The summed E-state index contributed by atoms with van der Waals surface area (Å²) in [5.41, 5.74) is 0.289. The monoisotopic (exact) mass is 450 g/mol. The van der Waals surface area contributed by atoms with Crippen LogP contribution in [0.3, 0.4) is 0 Å². The van der Waals surface area contributed by atoms with Crippen LogP contribution in [0.25, 0.3) is 0 Å². The molecule has 0 unspecified atom stereocenters. The predicted molar refractivity (Wildman–Crippen MR) is 106 cm³/mol. The van der Waals surface area contributed by atoms with Gasteiger partial charge in [-0.1, -0.05) is 18.2 Å². The minimum Gasteiger partial charge on any atom is -0.469 e. The molecule has 0 radical (unpaired) electrons. The van der Waals surface area contributed by atoms with Crippen molar-refractivity contribution in [1.82, 2.24) is 5.32 Å². The Bertz CT molecular complexity index is 1010. The van der Waals surface area contributed by atoms with E-state index in [9.17, 15) is 33.3 Å². The van der Waals surface area contributed by atoms with Crippen molar-refractivity contribution >= 4 is 23.5 Å². The molecule has 0 aliphatic heterocycles. The van der Waals surface area contributed by atoms with E-state index in [1.54, 1.807) is 0 Å². The fraction of sp³-hybridized carbons (Fsp3) is 0.286. The van der Waals surface area contributed by atoms with Gasteiger partial charge in [0.05, 0.1) is 32.0 Å². The first-order chi connectivity index (χ1) is 15.2. The number of non-ortho nitro benzene ring substituents is 1. The SMILES string of the molecule is COC(=O)C[C@H](c1ccc([N+](=O)[O-])cc1)[C@@H](NC(=O)Cc1ccc(F)c(F)c1)C(=O)OC. The number of benzene rings is 2. The van der Waals surface area contributed by atoms with E-state index in [2.05, 4.69) is 10.1 Å². The number of ether oxygens (including phenoxy) is 2. The summed E-state index contributed by atoms with van der Waals surface area (Å²) in [6.07, 6.45) is -0.727. The Morgan fingerprint density at radius 2 is 1.69 bits per heavy atom. The van der Waals surface area contributed by atoms with E-state index in [-0.39, 0.29) is 24.1 Å². The van der Waals surface area contributed by atoms with Gasteiger partial charge in [-0.2, -0.15) is 0 Å². The van der Waals surface area contributed by atoms with Gasteiger partial charge in [0, 0.05) is 18.1 Å². The number of esters is 2. The number of nitrogens with one attached hydrogen (secondary N) is 1. The molecular formula is C21H20F2N2O7. The molecule has 0 aromatic heterocycles. The molecule has 1 N–H and O–H groups in total. The van der Waals surface area contributed by atoms with Crippen LogP contribution in [0.1, 0.15) is 23.5 Å². The molecule has 0 aliphatic carbocycles. The van der Waals surface area contributed by atoms with Crippen molar-refractivity contribution in [3.05, 3.63) is 75.3 Å². The molecule has 9 nitrogen and oxygen atoms in total. The van der Waals surface area contributed by atoms with E-state index in [0.29, 0.717) is 5.56 Å². The quantitative estimate of drug-likeness (QED) is 0.353. The van der Waals surface area contributed by atoms with Crippen LogP contribution in [0.15, 0.2) is 42.5 Å². The summed E-state index contributed by atoms with van der Waals surface area (Å²) in [6.45, 7) is 0. The zero-order valence-corrected chi connectivity index (χ0v) is 17.2. The van der Waals surface area contributed by atoms with Crippen molar-refractivity contribution in [3.63, 3.8) is 0 Å². The Hall–Kier alpha value is -3.89. The number of nitro groups is 1. The molecular weight excluding hydrogens is 430 g/mol. The van der Waals surface area contributed by atoms with Crippen LogP contribution in [-0.2, 0) is 30.3 Å². The lowest BCUT2D eigenvalue weighted by Gasteiger charge is -2.26. The first-order valence-electron chi connectivity index (χ1n) is 9.28. The first kappa shape index (κ1) is 24.4. The normalized spacial score (nSPS) is 12.4. The van der Waals surface area contributed by atoms with Crippen molar-refractivity contribution in [1.29, 1.82) is 0 Å². The van der Waals surface area contributed by atoms with Crippen molar-refractivity contribution in [2.24, 2.45) is 0 Å². The summed E-state index contributed by atoms with van der Waals surface area (Å²) in [6, 6.07) is 6.66. The van der Waals surface area contributed by atoms with Crippen LogP contribution in [0.2, 0.25) is 0 Å². The number of rotatable bonds is 9. The number of hydrogen-bond donors (Lipinski definition) is 1. The molecule has 2 atom stereocenters. The van der Waals surface area contributed by atoms with E-state index < -0.39 is 46.4 Å². The predicted octanol–water partition coefficient (Wildman–Crippen LogP) is 2.42. The molecule has 2 aromatic rings. The van der Waals surface area contributed by atoms with Crippen LogP contribution in [0.4, 0.5) is 14.5 Å². The van der Waals surface area contributed by atoms with Crippen molar-refractivity contribution < 1.29 is 37.6 Å². The van der Waals surface area contributed by atoms with Gasteiger partial charge >= 0.3 is 11.9 Å². The summed E-state index contributed by atoms with van der Waals surface area (Å²) in [5, 5.41) is 13.4. The molecule has 1 amide bonds. The highest BCUT2D eigenvalue weighted by Crippen LogP contribution is 2.27. The van der Waals surface area contributed by atoms with E-state index in [1.807, 2.05) is 0 Å². The molecule has 0 heterocycles. The maximum atomic E-state index is 13.4. The molecule has 0 fully saturated rings. The van der Waals surface area contributed by atoms with Gasteiger partial charge in [0.15, 0.2) is 11.6 Å². The third-order valence-electron chi connectivity index (χ3n) is 4.67. The highest BCUT2D eigenvalue weighted by Gasteiger charge is 2.34. The summed E-state index contributed by atoms with van der Waals surface area (Å²) in [5.74, 6) is -5.48. The number of nitro benzene ring substituents is 1. The van der Waals surface area contributed by atoms with Gasteiger partial charge in [0.2, 0.25) is 5.91 Å². The minimum atomic E-state index is -1.36. The summed E-state index contributed by atoms with van der Waals surface area (Å²) in [7, 11) is 2.23. The maximum Gasteiger partial charge on any atom is 0.329 e. The molecule has 0 saturated carbocycles. The van der Waals surface area contributed by atoms with Crippen molar-refractivity contribution in [2.75, 3.05) is 14.2 Å². The zero-order chi connectivity index (χ0) is 23.8. The molecule has 0 aliphatic rings. The fourth-order valence-corrected chi connectivity index (χ4v) is 3.04. The number of carbonyl (C=O) groups excluding carboxylic acids is 3. The van der Waals surface area contributed by atoms with E-state index in [0.717, 1.165) is 26.4 Å². The van der Waals surface area contributed by atoms with Gasteiger partial charge < -0.3 is 14.8 Å². The Balaban J connectivity index is 2.33. The van der Waals surface area contributed by atoms with Gasteiger partial charge in [-0.05, 0) is 23.3 Å². The molecule has 0 spiro atoms.